The Kier molecular flexibility index (Phi) is 2.78. The second-order valence-electron chi connectivity index (χ2n) is 5.19. The summed E-state index contributed by atoms with van der Waals surface area (Å²) in [6.45, 7) is 0. The van der Waals surface area contributed by atoms with E-state index in [1.807, 2.05) is 0 Å². The van der Waals surface area contributed by atoms with E-state index in [0.717, 1.165) is 19.3 Å². The van der Waals surface area contributed by atoms with E-state index in [2.05, 4.69) is 0 Å². The molecule has 0 saturated heterocycles. The van der Waals surface area contributed by atoms with Gasteiger partial charge in [-0.15, -0.1) is 0 Å². The number of rotatable bonds is 2. The second kappa shape index (κ2) is 3.84. The Labute approximate surface area is 94.7 Å². The van der Waals surface area contributed by atoms with Crippen LogP contribution in [0.15, 0.2) is 0 Å². The molecule has 0 aromatic rings. The minimum Gasteiger partial charge on any atom is -0.481 e. The highest BCUT2D eigenvalue weighted by atomic mass is 16.4. The summed E-state index contributed by atoms with van der Waals surface area (Å²) in [5.74, 6) is -1.02. The first-order chi connectivity index (χ1) is 7.50. The van der Waals surface area contributed by atoms with Gasteiger partial charge in [-0.3, -0.25) is 9.59 Å². The van der Waals surface area contributed by atoms with Crippen LogP contribution in [-0.4, -0.2) is 27.6 Å². The first kappa shape index (κ1) is 11.6. The van der Waals surface area contributed by atoms with Crippen LogP contribution in [0.2, 0.25) is 0 Å². The van der Waals surface area contributed by atoms with Crippen LogP contribution in [0, 0.1) is 5.41 Å². The van der Waals surface area contributed by atoms with Crippen LogP contribution in [0.25, 0.3) is 0 Å². The van der Waals surface area contributed by atoms with Crippen LogP contribution in [0.5, 0.6) is 0 Å². The van der Waals surface area contributed by atoms with E-state index in [9.17, 15) is 19.8 Å². The van der Waals surface area contributed by atoms with E-state index < -0.39 is 17.0 Å². The molecule has 16 heavy (non-hydrogen) atoms. The Morgan fingerprint density at radius 2 is 1.75 bits per heavy atom. The number of aliphatic hydroxyl groups is 1. The summed E-state index contributed by atoms with van der Waals surface area (Å²) in [6, 6.07) is 0. The molecule has 0 aliphatic heterocycles. The normalized spacial score (nSPS) is 33.9. The van der Waals surface area contributed by atoms with Crippen molar-refractivity contribution in [2.75, 3.05) is 0 Å². The van der Waals surface area contributed by atoms with Crippen LogP contribution < -0.4 is 0 Å². The number of carbonyl (C=O) groups is 2. The van der Waals surface area contributed by atoms with Gasteiger partial charge < -0.3 is 10.2 Å². The third kappa shape index (κ3) is 1.56. The number of aliphatic carboxylic acids is 1. The Bertz CT molecular complexity index is 317. The number of carbonyl (C=O) groups excluding carboxylic acids is 1. The maximum absolute atomic E-state index is 11.5. The van der Waals surface area contributed by atoms with Crippen molar-refractivity contribution >= 4 is 11.8 Å². The Balaban J connectivity index is 2.31. The predicted octanol–water partition coefficient (Wildman–Crippen LogP) is 1.51. The lowest BCUT2D eigenvalue weighted by atomic mass is 9.64. The number of carboxylic acid groups (broad SMARTS) is 1. The van der Waals surface area contributed by atoms with Crippen molar-refractivity contribution in [2.24, 2.45) is 5.41 Å². The minimum absolute atomic E-state index is 0.0127. The van der Waals surface area contributed by atoms with Gasteiger partial charge in [0.05, 0.1) is 5.60 Å². The molecule has 90 valence electrons. The maximum atomic E-state index is 11.5. The predicted molar refractivity (Wildman–Crippen MR) is 57.0 cm³/mol. The molecule has 2 fully saturated rings. The van der Waals surface area contributed by atoms with Gasteiger partial charge in [-0.25, -0.2) is 0 Å². The quantitative estimate of drug-likeness (QED) is 0.748. The average Bonchev–Trinajstić information content (AvgIpc) is 2.63. The standard InChI is InChI=1S/C12H18O4/c13-9-4-7-11(8-9,10(14)15)12(16)5-2-1-3-6-12/h16H,1-8H2,(H,14,15). The lowest BCUT2D eigenvalue weighted by Crippen LogP contribution is -2.53. The molecule has 2 aliphatic carbocycles. The first-order valence-corrected chi connectivity index (χ1v) is 5.98. The van der Waals surface area contributed by atoms with Gasteiger partial charge in [0.25, 0.3) is 0 Å². The van der Waals surface area contributed by atoms with Gasteiger partial charge in [0, 0.05) is 12.8 Å². The van der Waals surface area contributed by atoms with E-state index in [-0.39, 0.29) is 12.2 Å². The lowest BCUT2D eigenvalue weighted by molar-refractivity contribution is -0.174. The van der Waals surface area contributed by atoms with Crippen molar-refractivity contribution in [1.82, 2.24) is 0 Å². The molecule has 0 bridgehead atoms. The zero-order chi connectivity index (χ0) is 11.8. The Morgan fingerprint density at radius 3 is 2.19 bits per heavy atom. The van der Waals surface area contributed by atoms with Crippen molar-refractivity contribution in [2.45, 2.75) is 57.0 Å². The fourth-order valence-electron chi connectivity index (χ4n) is 3.26. The summed E-state index contributed by atoms with van der Waals surface area (Å²) >= 11 is 0. The molecule has 1 unspecified atom stereocenters. The highest BCUT2D eigenvalue weighted by molar-refractivity contribution is 5.91. The topological polar surface area (TPSA) is 74.6 Å². The van der Waals surface area contributed by atoms with Gasteiger partial charge in [0.15, 0.2) is 0 Å². The van der Waals surface area contributed by atoms with Crippen molar-refractivity contribution in [1.29, 1.82) is 0 Å². The van der Waals surface area contributed by atoms with Crippen molar-refractivity contribution < 1.29 is 19.8 Å². The number of hydrogen-bond acceptors (Lipinski definition) is 3. The highest BCUT2D eigenvalue weighted by Crippen LogP contribution is 2.51. The van der Waals surface area contributed by atoms with E-state index in [4.69, 9.17) is 0 Å². The molecule has 2 saturated carbocycles. The molecule has 0 radical (unpaired) electrons. The van der Waals surface area contributed by atoms with Crippen molar-refractivity contribution in [3.8, 4) is 0 Å². The summed E-state index contributed by atoms with van der Waals surface area (Å²) < 4.78 is 0. The van der Waals surface area contributed by atoms with Crippen LogP contribution in [0.4, 0.5) is 0 Å². The summed E-state index contributed by atoms with van der Waals surface area (Å²) in [5, 5.41) is 20.0. The molecular weight excluding hydrogens is 208 g/mol. The molecule has 0 aromatic heterocycles. The molecule has 4 nitrogen and oxygen atoms in total. The van der Waals surface area contributed by atoms with Crippen LogP contribution in [-0.2, 0) is 9.59 Å². The summed E-state index contributed by atoms with van der Waals surface area (Å²) in [5.41, 5.74) is -2.37. The molecule has 0 heterocycles. The fraction of sp³-hybridized carbons (Fsp3) is 0.833. The third-order valence-electron chi connectivity index (χ3n) is 4.31. The fourth-order valence-corrected chi connectivity index (χ4v) is 3.26. The minimum atomic E-state index is -1.20. The maximum Gasteiger partial charge on any atom is 0.313 e. The zero-order valence-corrected chi connectivity index (χ0v) is 9.37. The van der Waals surface area contributed by atoms with Gasteiger partial charge in [-0.2, -0.15) is 0 Å². The number of Topliss-reactive ketones (excluding diaryl/α,β-unsaturated/α-hetero) is 1. The van der Waals surface area contributed by atoms with E-state index in [0.29, 0.717) is 25.7 Å². The molecule has 2 rings (SSSR count). The third-order valence-corrected chi connectivity index (χ3v) is 4.31. The molecule has 0 amide bonds. The van der Waals surface area contributed by atoms with E-state index in [1.54, 1.807) is 0 Å². The van der Waals surface area contributed by atoms with E-state index in [1.165, 1.54) is 0 Å². The number of ketones is 1. The summed E-state index contributed by atoms with van der Waals surface area (Å²) in [6.07, 6.45) is 4.43. The Hall–Kier alpha value is -0.900. The zero-order valence-electron chi connectivity index (χ0n) is 9.37. The van der Waals surface area contributed by atoms with Gasteiger partial charge in [-0.1, -0.05) is 19.3 Å². The van der Waals surface area contributed by atoms with Gasteiger partial charge >= 0.3 is 5.97 Å². The molecule has 0 spiro atoms. The van der Waals surface area contributed by atoms with Crippen molar-refractivity contribution in [3.05, 3.63) is 0 Å². The van der Waals surface area contributed by atoms with Crippen molar-refractivity contribution in [3.63, 3.8) is 0 Å². The second-order valence-corrected chi connectivity index (χ2v) is 5.19. The number of carboxylic acids is 1. The lowest BCUT2D eigenvalue weighted by Gasteiger charge is -2.44. The highest BCUT2D eigenvalue weighted by Gasteiger charge is 2.59. The SMILES string of the molecule is O=C1CCC(C(=O)O)(C2(O)CCCCC2)C1. The molecule has 1 atom stereocenters. The summed E-state index contributed by atoms with van der Waals surface area (Å²) in [7, 11) is 0. The Morgan fingerprint density at radius 1 is 1.12 bits per heavy atom. The van der Waals surface area contributed by atoms with Gasteiger partial charge in [-0.05, 0) is 19.3 Å². The van der Waals surface area contributed by atoms with Crippen LogP contribution >= 0.6 is 0 Å². The van der Waals surface area contributed by atoms with Gasteiger partial charge in [0.1, 0.15) is 11.2 Å². The molecule has 4 heteroatoms. The molecule has 2 N–H and O–H groups in total. The molecule has 2 aliphatic rings. The van der Waals surface area contributed by atoms with Crippen LogP contribution in [0.3, 0.4) is 0 Å². The number of hydrogen-bond donors (Lipinski definition) is 2. The average molecular weight is 226 g/mol. The monoisotopic (exact) mass is 226 g/mol. The largest absolute Gasteiger partial charge is 0.481 e. The summed E-state index contributed by atoms with van der Waals surface area (Å²) in [4.78, 5) is 22.8. The first-order valence-electron chi connectivity index (χ1n) is 5.98. The van der Waals surface area contributed by atoms with Crippen LogP contribution in [0.1, 0.15) is 51.4 Å². The molecule has 0 aromatic carbocycles. The van der Waals surface area contributed by atoms with Gasteiger partial charge in [0.2, 0.25) is 0 Å². The van der Waals surface area contributed by atoms with E-state index >= 15 is 0 Å². The molecular formula is C12H18O4. The smallest absolute Gasteiger partial charge is 0.313 e.